The molecule has 0 spiro atoms. The predicted octanol–water partition coefficient (Wildman–Crippen LogP) is 3.36. The van der Waals surface area contributed by atoms with E-state index in [1.54, 1.807) is 0 Å². The molecule has 0 bridgehead atoms. The average Bonchev–Trinajstić information content (AvgIpc) is 2.63. The molecule has 1 aromatic rings. The SMILES string of the molecule is CSC1CCCC(NC(C)c2c(C)nn(C)c2C)C1. The highest BCUT2D eigenvalue weighted by atomic mass is 32.2. The Hall–Kier alpha value is -0.480. The third kappa shape index (κ3) is 3.34. The van der Waals surface area contributed by atoms with Crippen LogP contribution in [-0.2, 0) is 7.05 Å². The van der Waals surface area contributed by atoms with Crippen LogP contribution in [0.25, 0.3) is 0 Å². The molecule has 0 amide bonds. The van der Waals surface area contributed by atoms with Crippen molar-refractivity contribution in [3.05, 3.63) is 17.0 Å². The number of thioether (sulfide) groups is 1. The van der Waals surface area contributed by atoms with Gasteiger partial charge in [0.2, 0.25) is 0 Å². The van der Waals surface area contributed by atoms with Gasteiger partial charge >= 0.3 is 0 Å². The van der Waals surface area contributed by atoms with E-state index in [0.717, 1.165) is 10.9 Å². The smallest absolute Gasteiger partial charge is 0.0644 e. The van der Waals surface area contributed by atoms with Gasteiger partial charge in [0.05, 0.1) is 5.69 Å². The number of nitrogens with one attached hydrogen (secondary N) is 1. The lowest BCUT2D eigenvalue weighted by Gasteiger charge is -2.31. The van der Waals surface area contributed by atoms with Crippen LogP contribution in [0.4, 0.5) is 0 Å². The van der Waals surface area contributed by atoms with Crippen LogP contribution in [0.3, 0.4) is 0 Å². The van der Waals surface area contributed by atoms with Gasteiger partial charge in [-0.25, -0.2) is 0 Å². The topological polar surface area (TPSA) is 29.9 Å². The molecule has 108 valence electrons. The van der Waals surface area contributed by atoms with Gasteiger partial charge in [-0.3, -0.25) is 4.68 Å². The molecule has 3 unspecified atom stereocenters. The summed E-state index contributed by atoms with van der Waals surface area (Å²) in [7, 11) is 2.03. The Kier molecular flexibility index (Phi) is 4.96. The molecule has 0 saturated heterocycles. The molecule has 4 heteroatoms. The van der Waals surface area contributed by atoms with E-state index in [1.165, 1.54) is 36.9 Å². The molecular formula is C15H27N3S. The highest BCUT2D eigenvalue weighted by Gasteiger charge is 2.24. The van der Waals surface area contributed by atoms with Crippen molar-refractivity contribution in [2.24, 2.45) is 7.05 Å². The molecule has 1 heterocycles. The van der Waals surface area contributed by atoms with E-state index in [1.807, 2.05) is 23.5 Å². The lowest BCUT2D eigenvalue weighted by atomic mass is 9.93. The molecule has 1 saturated carbocycles. The van der Waals surface area contributed by atoms with Crippen LogP contribution in [0.2, 0.25) is 0 Å². The van der Waals surface area contributed by atoms with Crippen molar-refractivity contribution in [2.45, 2.75) is 63.8 Å². The van der Waals surface area contributed by atoms with Crippen molar-refractivity contribution in [2.75, 3.05) is 6.26 Å². The van der Waals surface area contributed by atoms with Gasteiger partial charge in [0.1, 0.15) is 0 Å². The van der Waals surface area contributed by atoms with Gasteiger partial charge in [-0.05, 0) is 46.3 Å². The molecule has 0 aromatic carbocycles. The first-order chi connectivity index (χ1) is 9.02. The summed E-state index contributed by atoms with van der Waals surface area (Å²) in [5.74, 6) is 0. The molecule has 1 N–H and O–H groups in total. The molecule has 1 aliphatic rings. The van der Waals surface area contributed by atoms with Crippen molar-refractivity contribution in [1.82, 2.24) is 15.1 Å². The van der Waals surface area contributed by atoms with E-state index in [2.05, 4.69) is 37.4 Å². The first kappa shape index (κ1) is 14.9. The maximum atomic E-state index is 4.53. The highest BCUT2D eigenvalue weighted by molar-refractivity contribution is 7.99. The summed E-state index contributed by atoms with van der Waals surface area (Å²) in [5, 5.41) is 9.20. The second-order valence-corrected chi connectivity index (χ2v) is 6.96. The zero-order valence-electron chi connectivity index (χ0n) is 12.9. The minimum atomic E-state index is 0.402. The first-order valence-electron chi connectivity index (χ1n) is 7.31. The van der Waals surface area contributed by atoms with Gasteiger partial charge in [-0.2, -0.15) is 16.9 Å². The molecule has 19 heavy (non-hydrogen) atoms. The van der Waals surface area contributed by atoms with Crippen molar-refractivity contribution in [3.63, 3.8) is 0 Å². The Balaban J connectivity index is 2.02. The van der Waals surface area contributed by atoms with Gasteiger partial charge in [-0.1, -0.05) is 6.42 Å². The van der Waals surface area contributed by atoms with E-state index >= 15 is 0 Å². The van der Waals surface area contributed by atoms with E-state index in [0.29, 0.717) is 12.1 Å². The molecule has 0 aliphatic heterocycles. The third-order valence-corrected chi connectivity index (χ3v) is 5.54. The molecule has 1 fully saturated rings. The van der Waals surface area contributed by atoms with Crippen LogP contribution in [-0.4, -0.2) is 27.3 Å². The fraction of sp³-hybridized carbons (Fsp3) is 0.800. The van der Waals surface area contributed by atoms with Gasteiger partial charge in [-0.15, -0.1) is 0 Å². The number of aryl methyl sites for hydroxylation is 2. The summed E-state index contributed by atoms with van der Waals surface area (Å²) in [4.78, 5) is 0. The van der Waals surface area contributed by atoms with Gasteiger partial charge in [0.15, 0.2) is 0 Å². The Morgan fingerprint density at radius 1 is 1.37 bits per heavy atom. The Labute approximate surface area is 121 Å². The molecule has 3 atom stereocenters. The highest BCUT2D eigenvalue weighted by Crippen LogP contribution is 2.29. The fourth-order valence-corrected chi connectivity index (χ4v) is 4.19. The average molecular weight is 281 g/mol. The number of hydrogen-bond donors (Lipinski definition) is 1. The van der Waals surface area contributed by atoms with Crippen LogP contribution in [0.15, 0.2) is 0 Å². The van der Waals surface area contributed by atoms with Crippen LogP contribution in [0.5, 0.6) is 0 Å². The zero-order chi connectivity index (χ0) is 14.0. The molecule has 1 aliphatic carbocycles. The number of aromatic nitrogens is 2. The molecule has 2 rings (SSSR count). The largest absolute Gasteiger partial charge is 0.307 e. The monoisotopic (exact) mass is 281 g/mol. The van der Waals surface area contributed by atoms with Gasteiger partial charge in [0.25, 0.3) is 0 Å². The molecule has 0 radical (unpaired) electrons. The minimum Gasteiger partial charge on any atom is -0.307 e. The standard InChI is InChI=1S/C15H27N3S/c1-10(15-11(2)17-18(4)12(15)3)16-13-7-6-8-14(9-13)19-5/h10,13-14,16H,6-9H2,1-5H3. The summed E-state index contributed by atoms with van der Waals surface area (Å²) < 4.78 is 1.99. The zero-order valence-corrected chi connectivity index (χ0v) is 13.7. The molecule has 3 nitrogen and oxygen atoms in total. The van der Waals surface area contributed by atoms with Crippen molar-refractivity contribution >= 4 is 11.8 Å². The second-order valence-electron chi connectivity index (χ2n) is 5.82. The maximum absolute atomic E-state index is 4.53. The first-order valence-corrected chi connectivity index (χ1v) is 8.60. The van der Waals surface area contributed by atoms with Crippen molar-refractivity contribution in [3.8, 4) is 0 Å². The summed E-state index contributed by atoms with van der Waals surface area (Å²) >= 11 is 2.03. The quantitative estimate of drug-likeness (QED) is 0.918. The Bertz CT molecular complexity index is 427. The third-order valence-electron chi connectivity index (χ3n) is 4.44. The number of nitrogens with zero attached hydrogens (tertiary/aromatic N) is 2. The summed E-state index contributed by atoms with van der Waals surface area (Å²) in [6, 6.07) is 1.07. The minimum absolute atomic E-state index is 0.402. The predicted molar refractivity (Wildman–Crippen MR) is 83.8 cm³/mol. The lowest BCUT2D eigenvalue weighted by molar-refractivity contribution is 0.352. The normalized spacial score (nSPS) is 25.5. The fourth-order valence-electron chi connectivity index (χ4n) is 3.36. The van der Waals surface area contributed by atoms with E-state index in [9.17, 15) is 0 Å². The molecule has 1 aromatic heterocycles. The Morgan fingerprint density at radius 2 is 2.11 bits per heavy atom. The van der Waals surface area contributed by atoms with Crippen molar-refractivity contribution in [1.29, 1.82) is 0 Å². The molecular weight excluding hydrogens is 254 g/mol. The van der Waals surface area contributed by atoms with Crippen LogP contribution in [0, 0.1) is 13.8 Å². The summed E-state index contributed by atoms with van der Waals surface area (Å²) in [6.07, 6.45) is 7.62. The lowest BCUT2D eigenvalue weighted by Crippen LogP contribution is -2.37. The van der Waals surface area contributed by atoms with Crippen LogP contribution in [0.1, 0.15) is 55.6 Å². The number of hydrogen-bond acceptors (Lipinski definition) is 3. The Morgan fingerprint density at radius 3 is 2.68 bits per heavy atom. The van der Waals surface area contributed by atoms with Crippen LogP contribution >= 0.6 is 11.8 Å². The van der Waals surface area contributed by atoms with Crippen molar-refractivity contribution < 1.29 is 0 Å². The van der Waals surface area contributed by atoms with E-state index in [4.69, 9.17) is 0 Å². The van der Waals surface area contributed by atoms with E-state index < -0.39 is 0 Å². The van der Waals surface area contributed by atoms with Gasteiger partial charge < -0.3 is 5.32 Å². The van der Waals surface area contributed by atoms with Gasteiger partial charge in [0, 0.05) is 35.6 Å². The maximum Gasteiger partial charge on any atom is 0.0644 e. The summed E-state index contributed by atoms with van der Waals surface area (Å²) in [6.45, 7) is 6.56. The summed E-state index contributed by atoms with van der Waals surface area (Å²) in [5.41, 5.74) is 3.83. The second kappa shape index (κ2) is 6.31. The number of rotatable bonds is 4. The van der Waals surface area contributed by atoms with E-state index in [-0.39, 0.29) is 0 Å². The van der Waals surface area contributed by atoms with Crippen LogP contribution < -0.4 is 5.32 Å².